The topological polar surface area (TPSA) is 54.0 Å². The zero-order valence-electron chi connectivity index (χ0n) is 15.8. The molecule has 2 heterocycles. The van der Waals surface area contributed by atoms with E-state index in [4.69, 9.17) is 21.7 Å². The van der Waals surface area contributed by atoms with Gasteiger partial charge >= 0.3 is 0 Å². The Morgan fingerprint density at radius 1 is 1.04 bits per heavy atom. The SMILES string of the molecule is CC(=O)c1ccc(NC(=S)N2CCN(Cc3ccc4c(c3)OCO4)CC2)cc1. The molecule has 2 aromatic carbocycles. The van der Waals surface area contributed by atoms with E-state index in [2.05, 4.69) is 27.2 Å². The summed E-state index contributed by atoms with van der Waals surface area (Å²) in [5.74, 6) is 1.71. The van der Waals surface area contributed by atoms with Crippen LogP contribution in [-0.2, 0) is 6.54 Å². The van der Waals surface area contributed by atoms with Crippen LogP contribution in [0.3, 0.4) is 0 Å². The van der Waals surface area contributed by atoms with Gasteiger partial charge in [-0.15, -0.1) is 0 Å². The first-order valence-corrected chi connectivity index (χ1v) is 9.77. The molecule has 0 amide bonds. The molecular formula is C21H23N3O3S. The van der Waals surface area contributed by atoms with E-state index in [0.29, 0.717) is 12.4 Å². The molecule has 1 saturated heterocycles. The van der Waals surface area contributed by atoms with Gasteiger partial charge in [0.15, 0.2) is 22.4 Å². The summed E-state index contributed by atoms with van der Waals surface area (Å²) in [6.45, 7) is 6.40. The first-order chi connectivity index (χ1) is 13.6. The first-order valence-electron chi connectivity index (χ1n) is 9.36. The number of carbonyl (C=O) groups is 1. The van der Waals surface area contributed by atoms with Crippen molar-refractivity contribution in [3.8, 4) is 11.5 Å². The summed E-state index contributed by atoms with van der Waals surface area (Å²) in [5.41, 5.74) is 2.83. The molecule has 7 heteroatoms. The van der Waals surface area contributed by atoms with Crippen LogP contribution in [-0.4, -0.2) is 53.7 Å². The number of anilines is 1. The number of rotatable bonds is 4. The Morgan fingerprint density at radius 3 is 2.46 bits per heavy atom. The maximum absolute atomic E-state index is 11.4. The lowest BCUT2D eigenvalue weighted by molar-refractivity contribution is 0.101. The number of carbonyl (C=O) groups excluding carboxylic acids is 1. The summed E-state index contributed by atoms with van der Waals surface area (Å²) in [4.78, 5) is 16.0. The molecule has 1 fully saturated rings. The standard InChI is InChI=1S/C21H23N3O3S/c1-15(25)17-3-5-18(6-4-17)22-21(28)24-10-8-23(9-11-24)13-16-2-7-19-20(12-16)27-14-26-19/h2-7,12H,8-11,13-14H2,1H3,(H,22,28). The van der Waals surface area contributed by atoms with Crippen LogP contribution < -0.4 is 14.8 Å². The third-order valence-corrected chi connectivity index (χ3v) is 5.41. The van der Waals surface area contributed by atoms with Gasteiger partial charge in [-0.05, 0) is 61.1 Å². The fraction of sp³-hybridized carbons (Fsp3) is 0.333. The van der Waals surface area contributed by atoms with Gasteiger partial charge in [-0.1, -0.05) is 6.07 Å². The highest BCUT2D eigenvalue weighted by Gasteiger charge is 2.20. The normalized spacial score (nSPS) is 16.1. The van der Waals surface area contributed by atoms with E-state index in [1.54, 1.807) is 6.92 Å². The summed E-state index contributed by atoms with van der Waals surface area (Å²) >= 11 is 5.56. The van der Waals surface area contributed by atoms with Gasteiger partial charge in [-0.2, -0.15) is 0 Å². The minimum atomic E-state index is 0.0627. The Bertz CT molecular complexity index is 877. The van der Waals surface area contributed by atoms with E-state index in [9.17, 15) is 4.79 Å². The Kier molecular flexibility index (Phi) is 5.45. The molecule has 0 radical (unpaired) electrons. The molecule has 0 atom stereocenters. The number of ketones is 1. The van der Waals surface area contributed by atoms with Crippen molar-refractivity contribution in [2.45, 2.75) is 13.5 Å². The molecular weight excluding hydrogens is 374 g/mol. The predicted molar refractivity (Wildman–Crippen MR) is 112 cm³/mol. The van der Waals surface area contributed by atoms with Crippen LogP contribution >= 0.6 is 12.2 Å². The second-order valence-electron chi connectivity index (χ2n) is 7.01. The molecule has 0 saturated carbocycles. The number of hydrogen-bond donors (Lipinski definition) is 1. The van der Waals surface area contributed by atoms with Crippen LogP contribution in [0.1, 0.15) is 22.8 Å². The van der Waals surface area contributed by atoms with Crippen LogP contribution in [0.5, 0.6) is 11.5 Å². The van der Waals surface area contributed by atoms with E-state index in [1.807, 2.05) is 30.3 Å². The fourth-order valence-electron chi connectivity index (χ4n) is 3.40. The highest BCUT2D eigenvalue weighted by atomic mass is 32.1. The van der Waals surface area contributed by atoms with Crippen molar-refractivity contribution in [1.82, 2.24) is 9.80 Å². The molecule has 0 bridgehead atoms. The molecule has 1 N–H and O–H groups in total. The number of hydrogen-bond acceptors (Lipinski definition) is 5. The molecule has 2 aromatic rings. The number of fused-ring (bicyclic) bond motifs is 1. The van der Waals surface area contributed by atoms with E-state index in [1.165, 1.54) is 5.56 Å². The summed E-state index contributed by atoms with van der Waals surface area (Å²) in [5, 5.41) is 3.99. The van der Waals surface area contributed by atoms with Crippen LogP contribution in [0.15, 0.2) is 42.5 Å². The molecule has 28 heavy (non-hydrogen) atoms. The minimum absolute atomic E-state index is 0.0627. The number of Topliss-reactive ketones (excluding diaryl/α,β-unsaturated/α-hetero) is 1. The van der Waals surface area contributed by atoms with Gasteiger partial charge in [-0.3, -0.25) is 9.69 Å². The van der Waals surface area contributed by atoms with Gasteiger partial charge in [0.05, 0.1) is 0 Å². The monoisotopic (exact) mass is 397 g/mol. The molecule has 0 aromatic heterocycles. The second-order valence-corrected chi connectivity index (χ2v) is 7.40. The zero-order chi connectivity index (χ0) is 19.5. The maximum atomic E-state index is 11.4. The van der Waals surface area contributed by atoms with Crippen LogP contribution in [0.4, 0.5) is 5.69 Å². The molecule has 0 unspecified atom stereocenters. The van der Waals surface area contributed by atoms with E-state index < -0.39 is 0 Å². The molecule has 0 aliphatic carbocycles. The average Bonchev–Trinajstić information content (AvgIpc) is 3.17. The van der Waals surface area contributed by atoms with E-state index in [-0.39, 0.29) is 5.78 Å². The Labute approximate surface area is 170 Å². The fourth-order valence-corrected chi connectivity index (χ4v) is 3.70. The van der Waals surface area contributed by atoms with Gasteiger partial charge < -0.3 is 19.7 Å². The van der Waals surface area contributed by atoms with E-state index in [0.717, 1.165) is 55.0 Å². The first kappa shape index (κ1) is 18.7. The van der Waals surface area contributed by atoms with E-state index >= 15 is 0 Å². The average molecular weight is 398 g/mol. The van der Waals surface area contributed by atoms with Crippen molar-refractivity contribution in [2.75, 3.05) is 38.3 Å². The van der Waals surface area contributed by atoms with Crippen molar-refractivity contribution < 1.29 is 14.3 Å². The Hall–Kier alpha value is -2.64. The lowest BCUT2D eigenvalue weighted by Gasteiger charge is -2.36. The molecule has 6 nitrogen and oxygen atoms in total. The lowest BCUT2D eigenvalue weighted by Crippen LogP contribution is -2.49. The largest absolute Gasteiger partial charge is 0.454 e. The van der Waals surface area contributed by atoms with Crippen LogP contribution in [0.2, 0.25) is 0 Å². The molecule has 2 aliphatic heterocycles. The highest BCUT2D eigenvalue weighted by molar-refractivity contribution is 7.80. The summed E-state index contributed by atoms with van der Waals surface area (Å²) in [6.07, 6.45) is 0. The van der Waals surface area contributed by atoms with Crippen molar-refractivity contribution in [1.29, 1.82) is 0 Å². The van der Waals surface area contributed by atoms with Crippen LogP contribution in [0.25, 0.3) is 0 Å². The lowest BCUT2D eigenvalue weighted by atomic mass is 10.1. The summed E-state index contributed by atoms with van der Waals surface area (Å²) < 4.78 is 10.8. The van der Waals surface area contributed by atoms with Gasteiger partial charge in [0.25, 0.3) is 0 Å². The maximum Gasteiger partial charge on any atom is 0.231 e. The Morgan fingerprint density at radius 2 is 1.75 bits per heavy atom. The molecule has 4 rings (SSSR count). The van der Waals surface area contributed by atoms with Crippen molar-refractivity contribution in [3.05, 3.63) is 53.6 Å². The van der Waals surface area contributed by atoms with Crippen molar-refractivity contribution in [2.24, 2.45) is 0 Å². The number of nitrogens with zero attached hydrogens (tertiary/aromatic N) is 2. The number of thiocarbonyl (C=S) groups is 1. The summed E-state index contributed by atoms with van der Waals surface area (Å²) in [7, 11) is 0. The highest BCUT2D eigenvalue weighted by Crippen LogP contribution is 2.32. The van der Waals surface area contributed by atoms with Crippen molar-refractivity contribution >= 4 is 28.8 Å². The number of benzene rings is 2. The summed E-state index contributed by atoms with van der Waals surface area (Å²) in [6, 6.07) is 13.5. The molecule has 2 aliphatic rings. The smallest absolute Gasteiger partial charge is 0.231 e. The minimum Gasteiger partial charge on any atom is -0.454 e. The van der Waals surface area contributed by atoms with Crippen LogP contribution in [0, 0.1) is 0 Å². The molecule has 146 valence electrons. The van der Waals surface area contributed by atoms with Gasteiger partial charge in [0.2, 0.25) is 6.79 Å². The Balaban J connectivity index is 1.27. The van der Waals surface area contributed by atoms with Gasteiger partial charge in [0.1, 0.15) is 0 Å². The molecule has 0 spiro atoms. The third-order valence-electron chi connectivity index (χ3n) is 5.05. The zero-order valence-corrected chi connectivity index (χ0v) is 16.6. The predicted octanol–water partition coefficient (Wildman–Crippen LogP) is 3.13. The second kappa shape index (κ2) is 8.16. The van der Waals surface area contributed by atoms with Gasteiger partial charge in [0, 0.05) is 44.0 Å². The quantitative estimate of drug-likeness (QED) is 0.628. The third kappa shape index (κ3) is 4.26. The number of ether oxygens (including phenoxy) is 2. The number of nitrogens with one attached hydrogen (secondary N) is 1. The van der Waals surface area contributed by atoms with Gasteiger partial charge in [-0.25, -0.2) is 0 Å². The van der Waals surface area contributed by atoms with Crippen molar-refractivity contribution in [3.63, 3.8) is 0 Å². The number of piperazine rings is 1.